The molecule has 6 nitrogen and oxygen atoms in total. The maximum Gasteiger partial charge on any atom is 0.416 e. The van der Waals surface area contributed by atoms with Crippen molar-refractivity contribution in [3.8, 4) is 22.4 Å². The Morgan fingerprint density at radius 1 is 0.952 bits per heavy atom. The van der Waals surface area contributed by atoms with E-state index in [1.165, 1.54) is 22.6 Å². The van der Waals surface area contributed by atoms with Crippen LogP contribution in [-0.4, -0.2) is 21.9 Å². The third-order valence-corrected chi connectivity index (χ3v) is 6.92. The van der Waals surface area contributed by atoms with Gasteiger partial charge in [-0.1, -0.05) is 66.2 Å². The van der Waals surface area contributed by atoms with Crippen LogP contribution in [0.1, 0.15) is 27.2 Å². The first kappa shape index (κ1) is 28.4. The van der Waals surface area contributed by atoms with E-state index in [1.807, 2.05) is 43.3 Å². The van der Waals surface area contributed by atoms with Gasteiger partial charge in [-0.25, -0.2) is 0 Å². The van der Waals surface area contributed by atoms with Gasteiger partial charge in [0, 0.05) is 37.1 Å². The molecule has 0 saturated carbocycles. The van der Waals surface area contributed by atoms with Gasteiger partial charge in [-0.3, -0.25) is 19.5 Å². The molecule has 0 radical (unpaired) electrons. The van der Waals surface area contributed by atoms with E-state index in [2.05, 4.69) is 10.3 Å². The molecule has 0 aliphatic heterocycles. The molecule has 5 aromatic rings. The number of anilines is 2. The Hall–Kier alpha value is -5.18. The van der Waals surface area contributed by atoms with Gasteiger partial charge in [0.25, 0.3) is 5.91 Å². The lowest BCUT2D eigenvalue weighted by molar-refractivity contribution is -0.137. The molecule has 42 heavy (non-hydrogen) atoms. The number of amides is 2. The third-order valence-electron chi connectivity index (χ3n) is 6.92. The average Bonchev–Trinajstić information content (AvgIpc) is 3.38. The minimum Gasteiger partial charge on any atom is -0.347 e. The van der Waals surface area contributed by atoms with Gasteiger partial charge >= 0.3 is 6.18 Å². The predicted molar refractivity (Wildman–Crippen MR) is 156 cm³/mol. The number of para-hydroxylation sites is 1. The van der Waals surface area contributed by atoms with Crippen LogP contribution in [-0.2, 0) is 24.6 Å². The van der Waals surface area contributed by atoms with E-state index in [4.69, 9.17) is 0 Å². The number of carbonyl (C=O) groups is 2. The van der Waals surface area contributed by atoms with Crippen LogP contribution < -0.4 is 10.2 Å². The molecule has 9 heteroatoms. The highest BCUT2D eigenvalue weighted by molar-refractivity contribution is 5.98. The smallest absolute Gasteiger partial charge is 0.347 e. The number of carbonyl (C=O) groups excluding carboxylic acids is 2. The zero-order chi connectivity index (χ0) is 29.9. The summed E-state index contributed by atoms with van der Waals surface area (Å²) in [7, 11) is 1.70. The minimum absolute atomic E-state index is 0.259. The van der Waals surface area contributed by atoms with Gasteiger partial charge in [0.05, 0.1) is 22.6 Å². The molecule has 2 amide bonds. The van der Waals surface area contributed by atoms with Crippen molar-refractivity contribution in [1.29, 1.82) is 0 Å². The Labute approximate surface area is 241 Å². The van der Waals surface area contributed by atoms with Crippen LogP contribution in [0.3, 0.4) is 0 Å². The third kappa shape index (κ3) is 6.10. The normalized spacial score (nSPS) is 11.3. The molecule has 212 valence electrons. The fourth-order valence-electron chi connectivity index (χ4n) is 4.62. The summed E-state index contributed by atoms with van der Waals surface area (Å²) < 4.78 is 40.8. The van der Waals surface area contributed by atoms with Crippen molar-refractivity contribution in [2.45, 2.75) is 19.6 Å². The number of benzene rings is 3. The minimum atomic E-state index is -4.45. The number of aryl methyl sites for hydroxylation is 2. The Balaban J connectivity index is 1.32. The highest BCUT2D eigenvalue weighted by atomic mass is 19.4. The molecule has 0 atom stereocenters. The summed E-state index contributed by atoms with van der Waals surface area (Å²) >= 11 is 0. The van der Waals surface area contributed by atoms with Crippen molar-refractivity contribution in [2.75, 3.05) is 4.90 Å². The van der Waals surface area contributed by atoms with E-state index in [-0.39, 0.29) is 12.5 Å². The summed E-state index contributed by atoms with van der Waals surface area (Å²) in [4.78, 5) is 31.2. The van der Waals surface area contributed by atoms with Crippen molar-refractivity contribution in [3.05, 3.63) is 126 Å². The van der Waals surface area contributed by atoms with Crippen LogP contribution in [0.15, 0.2) is 103 Å². The molecule has 2 aromatic heterocycles. The van der Waals surface area contributed by atoms with Crippen LogP contribution >= 0.6 is 0 Å². The summed E-state index contributed by atoms with van der Waals surface area (Å²) in [5, 5.41) is 2.89. The number of nitrogens with one attached hydrogen (secondary N) is 1. The molecular formula is C33H27F3N4O2. The van der Waals surface area contributed by atoms with E-state index in [1.54, 1.807) is 54.3 Å². The molecule has 0 bridgehead atoms. The van der Waals surface area contributed by atoms with Crippen molar-refractivity contribution in [2.24, 2.45) is 7.05 Å². The second-order valence-corrected chi connectivity index (χ2v) is 9.86. The number of hydrogen-bond acceptors (Lipinski definition) is 3. The number of pyridine rings is 1. The summed E-state index contributed by atoms with van der Waals surface area (Å²) in [6.45, 7) is 2.28. The fraction of sp³-hybridized carbons (Fsp3) is 0.121. The molecule has 0 aliphatic rings. The standard InChI is InChI=1S/C33H27F3N4O2/c1-22-7-10-25(11-8-22)29-16-9-23(18-37-29)19-38-32(42)31-17-27(20-39(31)2)40(21-41)30-6-4-3-5-28(30)24-12-14-26(15-13-24)33(34,35)36/h3-18,20-21H,19H2,1-2H3,(H,38,42). The van der Waals surface area contributed by atoms with Gasteiger partial charge in [-0.2, -0.15) is 13.2 Å². The summed E-state index contributed by atoms with van der Waals surface area (Å²) in [5.74, 6) is -0.340. The van der Waals surface area contributed by atoms with Crippen LogP contribution in [0.4, 0.5) is 24.5 Å². The number of alkyl halides is 3. The topological polar surface area (TPSA) is 67.2 Å². The lowest BCUT2D eigenvalue weighted by atomic mass is 10.0. The van der Waals surface area contributed by atoms with Gasteiger partial charge in [0.1, 0.15) is 5.69 Å². The second-order valence-electron chi connectivity index (χ2n) is 9.86. The molecule has 0 unspecified atom stereocenters. The van der Waals surface area contributed by atoms with Crippen LogP contribution in [0.5, 0.6) is 0 Å². The molecule has 0 spiro atoms. The highest BCUT2D eigenvalue weighted by Crippen LogP contribution is 2.37. The van der Waals surface area contributed by atoms with E-state index < -0.39 is 11.7 Å². The number of halogens is 3. The molecule has 0 aliphatic carbocycles. The van der Waals surface area contributed by atoms with Gasteiger partial charge in [-0.05, 0) is 48.4 Å². The molecule has 5 rings (SSSR count). The van der Waals surface area contributed by atoms with Crippen molar-refractivity contribution >= 4 is 23.7 Å². The summed E-state index contributed by atoms with van der Waals surface area (Å²) in [6, 6.07) is 25.1. The number of hydrogen-bond donors (Lipinski definition) is 1. The SMILES string of the molecule is Cc1ccc(-c2ccc(CNC(=O)c3cc(N(C=O)c4ccccc4-c4ccc(C(F)(F)F)cc4)cn3C)cn2)cc1. The number of rotatable bonds is 8. The van der Waals surface area contributed by atoms with Crippen molar-refractivity contribution in [1.82, 2.24) is 14.9 Å². The molecule has 1 N–H and O–H groups in total. The van der Waals surface area contributed by atoms with E-state index >= 15 is 0 Å². The van der Waals surface area contributed by atoms with E-state index in [0.717, 1.165) is 29.0 Å². The first-order chi connectivity index (χ1) is 20.1. The van der Waals surface area contributed by atoms with Crippen LogP contribution in [0, 0.1) is 6.92 Å². The quantitative estimate of drug-likeness (QED) is 0.200. The Kier molecular flexibility index (Phi) is 7.93. The lowest BCUT2D eigenvalue weighted by Gasteiger charge is -2.20. The van der Waals surface area contributed by atoms with Crippen molar-refractivity contribution < 1.29 is 22.8 Å². The van der Waals surface area contributed by atoms with E-state index in [9.17, 15) is 22.8 Å². The van der Waals surface area contributed by atoms with E-state index in [0.29, 0.717) is 34.6 Å². The zero-order valence-corrected chi connectivity index (χ0v) is 22.9. The second kappa shape index (κ2) is 11.7. The molecule has 2 heterocycles. The van der Waals surface area contributed by atoms with Gasteiger partial charge in [-0.15, -0.1) is 0 Å². The lowest BCUT2D eigenvalue weighted by Crippen LogP contribution is -2.24. The molecular weight excluding hydrogens is 541 g/mol. The van der Waals surface area contributed by atoms with Gasteiger partial charge < -0.3 is 9.88 Å². The molecule has 0 fully saturated rings. The molecule has 3 aromatic carbocycles. The van der Waals surface area contributed by atoms with Crippen molar-refractivity contribution in [3.63, 3.8) is 0 Å². The maximum atomic E-state index is 13.1. The first-order valence-electron chi connectivity index (χ1n) is 13.1. The number of aromatic nitrogens is 2. The predicted octanol–water partition coefficient (Wildman–Crippen LogP) is 7.31. The summed E-state index contributed by atoms with van der Waals surface area (Å²) in [5.41, 5.74) is 5.38. The Morgan fingerprint density at radius 2 is 1.64 bits per heavy atom. The largest absolute Gasteiger partial charge is 0.416 e. The Morgan fingerprint density at radius 3 is 2.29 bits per heavy atom. The van der Waals surface area contributed by atoms with Crippen LogP contribution in [0.2, 0.25) is 0 Å². The van der Waals surface area contributed by atoms with Gasteiger partial charge in [0.15, 0.2) is 0 Å². The summed E-state index contributed by atoms with van der Waals surface area (Å²) in [6.07, 6.45) is -0.473. The monoisotopic (exact) mass is 568 g/mol. The molecule has 0 saturated heterocycles. The fourth-order valence-corrected chi connectivity index (χ4v) is 4.62. The highest BCUT2D eigenvalue weighted by Gasteiger charge is 2.30. The first-order valence-corrected chi connectivity index (χ1v) is 13.1. The average molecular weight is 569 g/mol. The Bertz CT molecular complexity index is 1710. The zero-order valence-electron chi connectivity index (χ0n) is 22.9. The van der Waals surface area contributed by atoms with Gasteiger partial charge in [0.2, 0.25) is 6.41 Å². The number of nitrogens with zero attached hydrogens (tertiary/aromatic N) is 3. The maximum absolute atomic E-state index is 13.1. The van der Waals surface area contributed by atoms with Crippen LogP contribution in [0.25, 0.3) is 22.4 Å².